The van der Waals surface area contributed by atoms with Crippen molar-refractivity contribution >= 4 is 27.9 Å². The van der Waals surface area contributed by atoms with Crippen LogP contribution >= 0.6 is 15.9 Å². The molecule has 2 rings (SSSR count). The van der Waals surface area contributed by atoms with Crippen LogP contribution < -0.4 is 10.6 Å². The molecule has 1 saturated heterocycles. The predicted molar refractivity (Wildman–Crippen MR) is 82.4 cm³/mol. The Hall–Kier alpha value is -1.82. The van der Waals surface area contributed by atoms with Crippen LogP contribution in [0.1, 0.15) is 24.9 Å². The highest BCUT2D eigenvalue weighted by molar-refractivity contribution is 9.10. The maximum Gasteiger partial charge on any atom is 0.319 e. The Kier molecular flexibility index (Phi) is 5.01. The first-order valence-corrected chi connectivity index (χ1v) is 7.51. The minimum Gasteiger partial charge on any atom is -0.465 e. The van der Waals surface area contributed by atoms with Crippen LogP contribution in [0.5, 0.6) is 0 Å². The van der Waals surface area contributed by atoms with E-state index >= 15 is 0 Å². The van der Waals surface area contributed by atoms with Crippen LogP contribution in [0.4, 0.5) is 4.79 Å². The van der Waals surface area contributed by atoms with Crippen molar-refractivity contribution in [3.63, 3.8) is 0 Å². The van der Waals surface area contributed by atoms with Gasteiger partial charge in [0, 0.05) is 10.2 Å². The number of esters is 1. The van der Waals surface area contributed by atoms with Gasteiger partial charge in [0.25, 0.3) is 0 Å². The second-order valence-electron chi connectivity index (χ2n) is 4.77. The van der Waals surface area contributed by atoms with E-state index in [1.807, 2.05) is 31.2 Å². The van der Waals surface area contributed by atoms with Crippen LogP contribution in [-0.4, -0.2) is 18.6 Å². The Bertz CT molecular complexity index is 574. The number of nitrogens with one attached hydrogen (secondary N) is 2. The van der Waals surface area contributed by atoms with Crippen LogP contribution in [0.15, 0.2) is 41.0 Å². The lowest BCUT2D eigenvalue weighted by molar-refractivity contribution is -0.148. The highest BCUT2D eigenvalue weighted by atomic mass is 79.9. The number of rotatable bonds is 4. The van der Waals surface area contributed by atoms with Crippen LogP contribution in [0.2, 0.25) is 0 Å². The third-order valence-electron chi connectivity index (χ3n) is 3.21. The number of benzene rings is 1. The Morgan fingerprint density at radius 3 is 2.81 bits per heavy atom. The number of carbonyl (C=O) groups is 2. The van der Waals surface area contributed by atoms with Crippen molar-refractivity contribution in [3.05, 3.63) is 46.6 Å². The molecule has 1 aromatic rings. The Balaban J connectivity index is 2.33. The van der Waals surface area contributed by atoms with Crippen LogP contribution in [0, 0.1) is 5.92 Å². The fourth-order valence-electron chi connectivity index (χ4n) is 2.24. The molecule has 0 spiro atoms. The summed E-state index contributed by atoms with van der Waals surface area (Å²) >= 11 is 3.45. The smallest absolute Gasteiger partial charge is 0.319 e. The average Bonchev–Trinajstić information content (AvgIpc) is 2.44. The molecular formula is C15H17BrN2O3. The second-order valence-corrected chi connectivity index (χ2v) is 5.62. The van der Waals surface area contributed by atoms with Gasteiger partial charge in [-0.25, -0.2) is 4.79 Å². The molecule has 0 radical (unpaired) electrons. The molecule has 5 nitrogen and oxygen atoms in total. The molecule has 2 N–H and O–H groups in total. The molecule has 0 unspecified atom stereocenters. The molecule has 0 saturated carbocycles. The van der Waals surface area contributed by atoms with Gasteiger partial charge in [0.05, 0.1) is 12.6 Å². The first-order valence-electron chi connectivity index (χ1n) is 6.72. The van der Waals surface area contributed by atoms with Crippen molar-refractivity contribution < 1.29 is 14.3 Å². The van der Waals surface area contributed by atoms with Gasteiger partial charge in [-0.05, 0) is 18.1 Å². The van der Waals surface area contributed by atoms with E-state index in [9.17, 15) is 9.59 Å². The Labute approximate surface area is 131 Å². The molecule has 1 aromatic carbocycles. The molecule has 0 aliphatic carbocycles. The van der Waals surface area contributed by atoms with E-state index in [2.05, 4.69) is 33.1 Å². The topological polar surface area (TPSA) is 67.4 Å². The first kappa shape index (κ1) is 15.6. The quantitative estimate of drug-likeness (QED) is 0.818. The summed E-state index contributed by atoms with van der Waals surface area (Å²) in [6.07, 6.45) is 0.740. The summed E-state index contributed by atoms with van der Waals surface area (Å²) < 4.78 is 6.04. The molecule has 21 heavy (non-hydrogen) atoms. The van der Waals surface area contributed by atoms with Crippen molar-refractivity contribution in [3.8, 4) is 0 Å². The van der Waals surface area contributed by atoms with Gasteiger partial charge in [0.1, 0.15) is 5.92 Å². The standard InChI is InChI=1S/C15H17BrN2O3/c1-3-8-21-14(19)12-9(2)17-15(20)18-13(12)10-6-4-5-7-11(10)16/h4-7,12-13H,2-3,8H2,1H3,(H2,17,18,20)/t12-,13-/m1/s1. The fraction of sp³-hybridized carbons (Fsp3) is 0.333. The highest BCUT2D eigenvalue weighted by Gasteiger charge is 2.39. The van der Waals surface area contributed by atoms with Crippen molar-refractivity contribution in [1.82, 2.24) is 10.6 Å². The van der Waals surface area contributed by atoms with Gasteiger partial charge in [-0.3, -0.25) is 4.79 Å². The largest absolute Gasteiger partial charge is 0.465 e. The highest BCUT2D eigenvalue weighted by Crippen LogP contribution is 2.34. The lowest BCUT2D eigenvalue weighted by atomic mass is 9.89. The molecule has 6 heteroatoms. The normalized spacial score (nSPS) is 21.4. The summed E-state index contributed by atoms with van der Waals surface area (Å²) in [7, 11) is 0. The van der Waals surface area contributed by atoms with Gasteiger partial charge < -0.3 is 15.4 Å². The number of halogens is 1. The van der Waals surface area contributed by atoms with E-state index in [4.69, 9.17) is 4.74 Å². The number of amides is 2. The zero-order chi connectivity index (χ0) is 15.4. The van der Waals surface area contributed by atoms with Gasteiger partial charge in [-0.15, -0.1) is 0 Å². The third kappa shape index (κ3) is 3.44. The summed E-state index contributed by atoms with van der Waals surface area (Å²) in [5, 5.41) is 5.31. The number of hydrogen-bond donors (Lipinski definition) is 2. The molecule has 1 aliphatic rings. The van der Waals surface area contributed by atoms with Crippen molar-refractivity contribution in [2.45, 2.75) is 19.4 Å². The maximum absolute atomic E-state index is 12.3. The van der Waals surface area contributed by atoms with E-state index in [-0.39, 0.29) is 6.03 Å². The zero-order valence-corrected chi connectivity index (χ0v) is 13.3. The molecule has 0 bridgehead atoms. The summed E-state index contributed by atoms with van der Waals surface area (Å²) in [5.74, 6) is -1.05. The van der Waals surface area contributed by atoms with E-state index in [1.54, 1.807) is 0 Å². The summed E-state index contributed by atoms with van der Waals surface area (Å²) in [4.78, 5) is 24.0. The van der Waals surface area contributed by atoms with E-state index in [1.165, 1.54) is 0 Å². The molecule has 0 aromatic heterocycles. The van der Waals surface area contributed by atoms with Crippen LogP contribution in [0.3, 0.4) is 0 Å². The molecule has 2 atom stereocenters. The van der Waals surface area contributed by atoms with Gasteiger partial charge in [-0.1, -0.05) is 47.6 Å². The SMILES string of the molecule is C=C1NC(=O)N[C@H](c2ccccc2Br)[C@@H]1C(=O)OCCC. The zero-order valence-electron chi connectivity index (χ0n) is 11.7. The van der Waals surface area contributed by atoms with E-state index in [0.717, 1.165) is 16.5 Å². The molecule has 1 fully saturated rings. The maximum atomic E-state index is 12.3. The fourth-order valence-corrected chi connectivity index (χ4v) is 2.77. The molecular weight excluding hydrogens is 336 g/mol. The van der Waals surface area contributed by atoms with Gasteiger partial charge in [-0.2, -0.15) is 0 Å². The third-order valence-corrected chi connectivity index (χ3v) is 3.93. The molecule has 2 amide bonds. The average molecular weight is 353 g/mol. The Morgan fingerprint density at radius 2 is 2.14 bits per heavy atom. The summed E-state index contributed by atoms with van der Waals surface area (Å²) in [5.41, 5.74) is 1.16. The van der Waals surface area contributed by atoms with Crippen LogP contribution in [0.25, 0.3) is 0 Å². The van der Waals surface area contributed by atoms with Crippen molar-refractivity contribution in [1.29, 1.82) is 0 Å². The summed E-state index contributed by atoms with van der Waals surface area (Å²) in [6, 6.07) is 6.56. The van der Waals surface area contributed by atoms with Crippen molar-refractivity contribution in [2.75, 3.05) is 6.61 Å². The number of urea groups is 1. The van der Waals surface area contributed by atoms with Gasteiger partial charge in [0.15, 0.2) is 0 Å². The number of carbonyl (C=O) groups excluding carboxylic acids is 2. The number of ether oxygens (including phenoxy) is 1. The second kappa shape index (κ2) is 6.76. The first-order chi connectivity index (χ1) is 10.0. The molecule has 112 valence electrons. The Morgan fingerprint density at radius 1 is 1.43 bits per heavy atom. The minimum absolute atomic E-state index is 0.346. The lowest BCUT2D eigenvalue weighted by Crippen LogP contribution is -2.51. The monoisotopic (exact) mass is 352 g/mol. The lowest BCUT2D eigenvalue weighted by Gasteiger charge is -2.33. The van der Waals surface area contributed by atoms with E-state index in [0.29, 0.717) is 12.3 Å². The number of hydrogen-bond acceptors (Lipinski definition) is 3. The van der Waals surface area contributed by atoms with E-state index < -0.39 is 17.9 Å². The van der Waals surface area contributed by atoms with Crippen LogP contribution in [-0.2, 0) is 9.53 Å². The van der Waals surface area contributed by atoms with Gasteiger partial charge >= 0.3 is 12.0 Å². The van der Waals surface area contributed by atoms with Gasteiger partial charge in [0.2, 0.25) is 0 Å². The molecule has 1 heterocycles. The predicted octanol–water partition coefficient (Wildman–Crippen LogP) is 2.89. The summed E-state index contributed by atoms with van der Waals surface area (Å²) in [6.45, 7) is 6.06. The minimum atomic E-state index is -0.659. The molecule has 1 aliphatic heterocycles. The van der Waals surface area contributed by atoms with Crippen molar-refractivity contribution in [2.24, 2.45) is 5.92 Å².